The number of rotatable bonds is 4. The molecule has 5 heterocycles. The van der Waals surface area contributed by atoms with Crippen molar-refractivity contribution >= 4 is 51.2 Å². The summed E-state index contributed by atoms with van der Waals surface area (Å²) < 4.78 is 0. The maximum atomic E-state index is 11.9. The molecule has 5 rings (SSSR count). The topological polar surface area (TPSA) is 132 Å². The third-order valence-electron chi connectivity index (χ3n) is 5.11. The van der Waals surface area contributed by atoms with Gasteiger partial charge in [-0.25, -0.2) is 15.0 Å². The number of H-pyrrole nitrogens is 3. The molecule has 150 valence electrons. The van der Waals surface area contributed by atoms with Crippen molar-refractivity contribution < 1.29 is 0 Å². The van der Waals surface area contributed by atoms with E-state index >= 15 is 0 Å². The van der Waals surface area contributed by atoms with E-state index in [2.05, 4.69) is 30.0 Å². The van der Waals surface area contributed by atoms with Crippen LogP contribution in [0.2, 0.25) is 5.02 Å². The minimum Gasteiger partial charge on any atom is -0.354 e. The highest BCUT2D eigenvalue weighted by atomic mass is 35.5. The predicted octanol–water partition coefficient (Wildman–Crippen LogP) is 2.43. The Morgan fingerprint density at radius 2 is 2.21 bits per heavy atom. The summed E-state index contributed by atoms with van der Waals surface area (Å²) in [6.07, 6.45) is 3.37. The number of hydrogen-bond acceptors (Lipinski definition) is 7. The van der Waals surface area contributed by atoms with Gasteiger partial charge in [0, 0.05) is 35.9 Å². The number of hydrogen-bond donors (Lipinski definition) is 4. The standard InChI is InChI=1S/C18H19ClN8OS/c1-2-11-13(19)12-15(22-11)23-18(24-16(12)27-4-3-8(20)7-27)29-9-5-10-14(21-6-9)25-26-17(10)28/h5-6,8H,2-4,7,20H2,1H3,(H,22,23,24)(H2,21,25,26,28)/t8-/m1/s1. The normalized spacial score (nSPS) is 17.1. The highest BCUT2D eigenvalue weighted by Crippen LogP contribution is 2.37. The maximum Gasteiger partial charge on any atom is 0.273 e. The molecule has 0 unspecified atom stereocenters. The van der Waals surface area contributed by atoms with Crippen LogP contribution < -0.4 is 16.2 Å². The first kappa shape index (κ1) is 18.5. The molecule has 4 aromatic heterocycles. The zero-order valence-corrected chi connectivity index (χ0v) is 17.2. The minimum atomic E-state index is -0.207. The van der Waals surface area contributed by atoms with E-state index in [-0.39, 0.29) is 11.6 Å². The lowest BCUT2D eigenvalue weighted by Gasteiger charge is -2.18. The van der Waals surface area contributed by atoms with E-state index in [0.29, 0.717) is 26.9 Å². The van der Waals surface area contributed by atoms with Crippen LogP contribution in [-0.4, -0.2) is 49.3 Å². The number of nitrogens with two attached hydrogens (primary N) is 1. The molecular weight excluding hydrogens is 412 g/mol. The van der Waals surface area contributed by atoms with Gasteiger partial charge in [0.15, 0.2) is 10.8 Å². The summed E-state index contributed by atoms with van der Waals surface area (Å²) in [4.78, 5) is 31.9. The van der Waals surface area contributed by atoms with E-state index in [1.807, 2.05) is 6.92 Å². The third-order valence-corrected chi connectivity index (χ3v) is 6.35. The number of aromatic nitrogens is 6. The monoisotopic (exact) mass is 430 g/mol. The number of pyridine rings is 1. The van der Waals surface area contributed by atoms with Gasteiger partial charge in [-0.1, -0.05) is 18.5 Å². The van der Waals surface area contributed by atoms with Crippen molar-refractivity contribution in [2.45, 2.75) is 35.9 Å². The van der Waals surface area contributed by atoms with Gasteiger partial charge in [0.1, 0.15) is 11.5 Å². The fourth-order valence-electron chi connectivity index (χ4n) is 3.63. The zero-order chi connectivity index (χ0) is 20.1. The molecule has 0 aromatic carbocycles. The van der Waals surface area contributed by atoms with Crippen LogP contribution in [0.4, 0.5) is 5.82 Å². The second-order valence-corrected chi connectivity index (χ2v) is 8.49. The van der Waals surface area contributed by atoms with E-state index in [4.69, 9.17) is 22.3 Å². The van der Waals surface area contributed by atoms with Crippen LogP contribution in [0, 0.1) is 0 Å². The van der Waals surface area contributed by atoms with Gasteiger partial charge in [0.2, 0.25) is 0 Å². The molecule has 9 nitrogen and oxygen atoms in total. The van der Waals surface area contributed by atoms with E-state index in [0.717, 1.165) is 47.7 Å². The first-order chi connectivity index (χ1) is 14.0. The van der Waals surface area contributed by atoms with Gasteiger partial charge >= 0.3 is 0 Å². The summed E-state index contributed by atoms with van der Waals surface area (Å²) in [6, 6.07) is 1.90. The molecule has 0 aliphatic carbocycles. The highest BCUT2D eigenvalue weighted by molar-refractivity contribution is 7.99. The van der Waals surface area contributed by atoms with E-state index in [9.17, 15) is 4.79 Å². The number of aromatic amines is 3. The van der Waals surface area contributed by atoms with Gasteiger partial charge in [-0.15, -0.1) is 0 Å². The number of fused-ring (bicyclic) bond motifs is 2. The first-order valence-corrected chi connectivity index (χ1v) is 10.6. The van der Waals surface area contributed by atoms with Crippen LogP contribution >= 0.6 is 23.4 Å². The molecule has 1 saturated heterocycles. The van der Waals surface area contributed by atoms with Crippen molar-refractivity contribution in [2.75, 3.05) is 18.0 Å². The number of aryl methyl sites for hydroxylation is 1. The van der Waals surface area contributed by atoms with Crippen LogP contribution in [-0.2, 0) is 6.42 Å². The number of nitrogens with one attached hydrogen (secondary N) is 3. The average molecular weight is 431 g/mol. The van der Waals surface area contributed by atoms with Gasteiger partial charge in [0.05, 0.1) is 15.8 Å². The molecule has 1 fully saturated rings. The number of nitrogens with zero attached hydrogens (tertiary/aromatic N) is 4. The Kier molecular flexibility index (Phi) is 4.49. The van der Waals surface area contributed by atoms with Crippen LogP contribution in [0.5, 0.6) is 0 Å². The predicted molar refractivity (Wildman–Crippen MR) is 114 cm³/mol. The second-order valence-electron chi connectivity index (χ2n) is 7.07. The Labute approximate surface area is 174 Å². The fourth-order valence-corrected chi connectivity index (χ4v) is 4.75. The lowest BCUT2D eigenvalue weighted by Crippen LogP contribution is -2.27. The Morgan fingerprint density at radius 3 is 2.97 bits per heavy atom. The Morgan fingerprint density at radius 1 is 1.34 bits per heavy atom. The number of halogens is 1. The molecule has 1 aliphatic rings. The Bertz CT molecular complexity index is 1280. The summed E-state index contributed by atoms with van der Waals surface area (Å²) >= 11 is 7.99. The van der Waals surface area contributed by atoms with Crippen LogP contribution in [0.3, 0.4) is 0 Å². The molecule has 1 atom stereocenters. The molecule has 0 spiro atoms. The molecule has 1 aliphatic heterocycles. The molecule has 0 amide bonds. The molecule has 0 bridgehead atoms. The molecule has 0 saturated carbocycles. The molecule has 5 N–H and O–H groups in total. The lowest BCUT2D eigenvalue weighted by atomic mass is 10.3. The highest BCUT2D eigenvalue weighted by Gasteiger charge is 2.26. The number of anilines is 1. The fraction of sp³-hybridized carbons (Fsp3) is 0.333. The van der Waals surface area contributed by atoms with Crippen molar-refractivity contribution in [3.05, 3.63) is 33.3 Å². The van der Waals surface area contributed by atoms with Crippen molar-refractivity contribution in [1.82, 2.24) is 30.1 Å². The summed E-state index contributed by atoms with van der Waals surface area (Å²) in [5, 5.41) is 7.83. The summed E-state index contributed by atoms with van der Waals surface area (Å²) in [6.45, 7) is 3.60. The summed E-state index contributed by atoms with van der Waals surface area (Å²) in [5.41, 5.74) is 8.07. The van der Waals surface area contributed by atoms with Gasteiger partial charge in [-0.05, 0) is 30.7 Å². The van der Waals surface area contributed by atoms with Crippen molar-refractivity contribution in [1.29, 1.82) is 0 Å². The van der Waals surface area contributed by atoms with Gasteiger partial charge in [-0.3, -0.25) is 15.0 Å². The van der Waals surface area contributed by atoms with Gasteiger partial charge in [-0.2, -0.15) is 0 Å². The third kappa shape index (κ3) is 3.17. The van der Waals surface area contributed by atoms with E-state index in [1.54, 1.807) is 12.3 Å². The Balaban J connectivity index is 1.61. The average Bonchev–Trinajstić information content (AvgIpc) is 3.39. The molecule has 11 heteroatoms. The minimum absolute atomic E-state index is 0.117. The summed E-state index contributed by atoms with van der Waals surface area (Å²) in [7, 11) is 0. The SMILES string of the molecule is CCc1[nH]c2nc(Sc3cnc4[nH][nH]c(=O)c4c3)nc(N3CC[C@@H](N)C3)c2c1Cl. The van der Waals surface area contributed by atoms with Crippen LogP contribution in [0.15, 0.2) is 27.1 Å². The smallest absolute Gasteiger partial charge is 0.273 e. The Hall–Kier alpha value is -2.56. The quantitative estimate of drug-likeness (QED) is 0.365. The second kappa shape index (κ2) is 7.05. The molecule has 29 heavy (non-hydrogen) atoms. The maximum absolute atomic E-state index is 11.9. The zero-order valence-electron chi connectivity index (χ0n) is 15.6. The molecular formula is C18H19ClN8OS. The van der Waals surface area contributed by atoms with Crippen LogP contribution in [0.1, 0.15) is 19.0 Å². The molecule has 0 radical (unpaired) electrons. The summed E-state index contributed by atoms with van der Waals surface area (Å²) in [5.74, 6) is 0.792. The van der Waals surface area contributed by atoms with Crippen LogP contribution in [0.25, 0.3) is 22.1 Å². The first-order valence-electron chi connectivity index (χ1n) is 9.36. The van der Waals surface area contributed by atoms with E-state index in [1.165, 1.54) is 11.8 Å². The van der Waals surface area contributed by atoms with E-state index < -0.39 is 0 Å². The van der Waals surface area contributed by atoms with Gasteiger partial charge in [0.25, 0.3) is 5.56 Å². The van der Waals surface area contributed by atoms with Crippen molar-refractivity contribution in [2.24, 2.45) is 5.73 Å². The lowest BCUT2D eigenvalue weighted by molar-refractivity contribution is 0.751. The molecule has 4 aromatic rings. The van der Waals surface area contributed by atoms with Crippen molar-refractivity contribution in [3.63, 3.8) is 0 Å². The largest absolute Gasteiger partial charge is 0.354 e. The van der Waals surface area contributed by atoms with Crippen molar-refractivity contribution in [3.8, 4) is 0 Å². The van der Waals surface area contributed by atoms with Gasteiger partial charge < -0.3 is 15.6 Å².